The lowest BCUT2D eigenvalue weighted by Gasteiger charge is -2.31. The number of rotatable bonds is 7. The number of carboxylic acids is 1. The Morgan fingerprint density at radius 1 is 0.569 bits per heavy atom. The fraction of sp³-hybridized carbons (Fsp3) is 0.529. The number of carbonyl (C=O) groups excluding carboxylic acids is 12. The number of nitrogens with one attached hydrogen (secondary N) is 5. The number of ketones is 3. The van der Waals surface area contributed by atoms with Gasteiger partial charge in [-0.3, -0.25) is 57.6 Å². The molecular formula is C87H112N10O26. The Morgan fingerprint density at radius 3 is 1.69 bits per heavy atom. The molecule has 0 aromatic heterocycles. The van der Waals surface area contributed by atoms with Crippen molar-refractivity contribution in [3.05, 3.63) is 113 Å². The van der Waals surface area contributed by atoms with Gasteiger partial charge in [0.25, 0.3) is 11.8 Å². The minimum absolute atomic E-state index is 0.0139. The van der Waals surface area contributed by atoms with Gasteiger partial charge in [0.1, 0.15) is 31.0 Å². The summed E-state index contributed by atoms with van der Waals surface area (Å²) in [6, 6.07) is 13.8. The number of aliphatic hydroxyl groups is 1. The molecule has 36 heteroatoms. The maximum Gasteiger partial charge on any atom is 0.416 e. The molecule has 4 aromatic rings. The minimum Gasteiger partial charge on any atom is -0.493 e. The van der Waals surface area contributed by atoms with Crippen LogP contribution in [0.25, 0.3) is 0 Å². The molecule has 0 saturated carbocycles. The van der Waals surface area contributed by atoms with E-state index >= 15 is 0 Å². The number of aliphatic carboxylic acids is 1. The maximum absolute atomic E-state index is 14.4. The fourth-order valence-corrected chi connectivity index (χ4v) is 14.1. The Morgan fingerprint density at radius 2 is 1.11 bits per heavy atom. The van der Waals surface area contributed by atoms with E-state index in [1.807, 2.05) is 0 Å². The van der Waals surface area contributed by atoms with Crippen LogP contribution in [-0.2, 0) is 94.3 Å². The van der Waals surface area contributed by atoms with Crippen molar-refractivity contribution < 1.29 is 125 Å². The topological polar surface area (TPSA) is 463 Å². The molecule has 36 nitrogen and oxygen atoms in total. The van der Waals surface area contributed by atoms with Crippen LogP contribution < -0.4 is 56.3 Å². The summed E-state index contributed by atoms with van der Waals surface area (Å²) in [6.07, 6.45) is -0.807. The van der Waals surface area contributed by atoms with Gasteiger partial charge in [-0.1, -0.05) is 43.3 Å². The number of anilines is 4. The fourth-order valence-electron chi connectivity index (χ4n) is 14.1. The summed E-state index contributed by atoms with van der Waals surface area (Å²) in [5.41, 5.74) is 8.98. The van der Waals surface area contributed by atoms with E-state index in [0.29, 0.717) is 79.6 Å². The number of methoxy groups -OCH3 is 1. The van der Waals surface area contributed by atoms with Crippen molar-refractivity contribution in [1.82, 2.24) is 25.8 Å². The van der Waals surface area contributed by atoms with Crippen molar-refractivity contribution in [3.63, 3.8) is 0 Å². The second kappa shape index (κ2) is 49.0. The maximum atomic E-state index is 14.4. The second-order valence-electron chi connectivity index (χ2n) is 30.2. The van der Waals surface area contributed by atoms with E-state index in [1.54, 1.807) is 61.2 Å². The van der Waals surface area contributed by atoms with Crippen LogP contribution in [0.15, 0.2) is 84.9 Å². The van der Waals surface area contributed by atoms with Crippen LogP contribution in [0.4, 0.5) is 32.3 Å². The highest BCUT2D eigenvalue weighted by Gasteiger charge is 2.47. The third-order valence-corrected chi connectivity index (χ3v) is 20.8. The number of amides is 9. The van der Waals surface area contributed by atoms with Gasteiger partial charge in [-0.25, -0.2) is 14.5 Å². The van der Waals surface area contributed by atoms with Crippen molar-refractivity contribution in [3.8, 4) is 29.1 Å². The van der Waals surface area contributed by atoms with Gasteiger partial charge in [-0.15, -0.1) is 0 Å². The number of aryl methyl sites for hydroxylation is 1. The van der Waals surface area contributed by atoms with Crippen LogP contribution >= 0.6 is 0 Å². The third kappa shape index (κ3) is 29.4. The van der Waals surface area contributed by atoms with Gasteiger partial charge in [0.15, 0.2) is 23.5 Å². The summed E-state index contributed by atoms with van der Waals surface area (Å²) in [5.74, 6) is -1.86. The minimum atomic E-state index is -1.59. The van der Waals surface area contributed by atoms with E-state index in [2.05, 4.69) is 45.0 Å². The lowest BCUT2D eigenvalue weighted by molar-refractivity contribution is -0.140. The molecule has 7 aliphatic heterocycles. The van der Waals surface area contributed by atoms with E-state index in [9.17, 15) is 72.5 Å². The van der Waals surface area contributed by atoms with Crippen LogP contribution in [0, 0.1) is 24.7 Å². The van der Waals surface area contributed by atoms with Crippen molar-refractivity contribution in [2.24, 2.45) is 11.7 Å². The molecule has 11 rings (SSSR count). The first-order valence-electron chi connectivity index (χ1n) is 41.5. The van der Waals surface area contributed by atoms with Gasteiger partial charge in [-0.05, 0) is 137 Å². The van der Waals surface area contributed by atoms with E-state index in [4.69, 9.17) is 57.8 Å². The summed E-state index contributed by atoms with van der Waals surface area (Å²) < 4.78 is 63.3. The first-order valence-corrected chi connectivity index (χ1v) is 41.5. The molecule has 2 fully saturated rings. The van der Waals surface area contributed by atoms with Crippen LogP contribution in [0.3, 0.4) is 0 Å². The van der Waals surface area contributed by atoms with Gasteiger partial charge in [0.2, 0.25) is 41.1 Å². The molecule has 7 heterocycles. The number of hydrogen-bond acceptors (Lipinski definition) is 26. The number of ether oxygens (including phenoxy) is 11. The summed E-state index contributed by atoms with van der Waals surface area (Å²) in [7, 11) is 1.41. The van der Waals surface area contributed by atoms with Gasteiger partial charge >= 0.3 is 18.2 Å². The SMILES string of the molecule is C=C1C[C@H]2C(O)N3C(=O)OCc4ccc(cc4)NC(=O)[C@H](C)CC(=O)[C@H](C)NC(=O)CCOCCOCCOCCCC(=O)C#CC(=O)CCCOCCOCCOCCC(=O)N[C@@H](CCCCN)C(=O)N[C@@H](CC(=O)O)C(=O)Nc4ccc(cc4)COC(=O)N4C[C@@H]5CCCN5C(=O)c5cc(OC)c(cc54)OCCCOc4cc3c(cc4C)C(=O)N2C1. The number of carbonyl (C=O) groups is 13. The number of nitrogens with zero attached hydrogens (tertiary/aromatic N) is 4. The largest absolute Gasteiger partial charge is 0.493 e. The van der Waals surface area contributed by atoms with Gasteiger partial charge < -0.3 is 104 Å². The first-order chi connectivity index (χ1) is 59.3. The smallest absolute Gasteiger partial charge is 0.416 e. The number of carboxylic acid groups (broad SMARTS) is 1. The molecule has 8 bridgehead atoms. The monoisotopic (exact) mass is 1710 g/mol. The van der Waals surface area contributed by atoms with Crippen molar-refractivity contribution in [2.75, 3.05) is 146 Å². The van der Waals surface area contributed by atoms with Crippen LogP contribution in [0.2, 0.25) is 0 Å². The average molecular weight is 1710 g/mol. The zero-order chi connectivity index (χ0) is 88.3. The Labute approximate surface area is 713 Å². The average Bonchev–Trinajstić information content (AvgIpc) is 1.63. The highest BCUT2D eigenvalue weighted by Crippen LogP contribution is 2.42. The Balaban J connectivity index is 0.831. The van der Waals surface area contributed by atoms with Gasteiger partial charge in [-0.2, -0.15) is 0 Å². The second-order valence-corrected chi connectivity index (χ2v) is 30.2. The Kier molecular flexibility index (Phi) is 38.0. The molecule has 7 aliphatic rings. The molecule has 0 spiro atoms. The molecule has 1 unspecified atom stereocenters. The molecule has 7 atom stereocenters. The quantitative estimate of drug-likeness (QED) is 0.0455. The van der Waals surface area contributed by atoms with E-state index in [-0.39, 0.29) is 233 Å². The molecular weight excluding hydrogens is 1600 g/mol. The van der Waals surface area contributed by atoms with Crippen LogP contribution in [-0.4, -0.2) is 259 Å². The molecule has 9 N–H and O–H groups in total. The zero-order valence-corrected chi connectivity index (χ0v) is 70.0. The highest BCUT2D eigenvalue weighted by molar-refractivity contribution is 6.08. The number of fused-ring (bicyclic) bond motifs is 4. The molecule has 4 aromatic carbocycles. The summed E-state index contributed by atoms with van der Waals surface area (Å²) in [4.78, 5) is 180. The summed E-state index contributed by atoms with van der Waals surface area (Å²) in [5, 5.41) is 35.1. The molecule has 123 heavy (non-hydrogen) atoms. The number of hydrogen-bond donors (Lipinski definition) is 8. The molecule has 0 aliphatic carbocycles. The van der Waals surface area contributed by atoms with E-state index < -0.39 is 108 Å². The Hall–Kier alpha value is -11.4. The lowest BCUT2D eigenvalue weighted by atomic mass is 10.00. The number of nitrogens with two attached hydrogens (primary N) is 1. The molecule has 2 saturated heterocycles. The number of Topliss-reactive ketones (excluding diaryl/α,β-unsaturated/α-hetero) is 3. The standard InChI is InChI=1S/C87H112N10O26/c1-55-44-72-85(110)97-71-50-74(56(2)45-66(71)84(109)95(72)51-55)120-32-11-33-121-76-49-70-67(47-75(76)113-5)83(108)94-29-8-12-63(94)52-96(70)86(111)122-53-59-18-22-62(23-19-59)91-82(107)69(48-79(103)104)93-81(106)68(15-6-7-28-88)92-78(102)27-35-117-39-43-119-41-37-115-31-10-14-65(99)25-24-64(98)13-9-30-114-36-40-118-42-38-116-34-26-77(101)89-58(4)73(100)46-57(3)80(105)90-61-20-16-60(17-21-61)54-123-87(97)112/h16-23,45,47,49-50,57-58,63,68-69,72,85,110H,1,6-15,26-44,46,48,51-54,88H2,2-5H3,(H,89,101)(H,90,105)(H,91,107)(H,92,102)(H,93,106)(H,103,104)/t57-,58+,63+,68+,69+,72+,85?/m1/s1. The van der Waals surface area contributed by atoms with Crippen molar-refractivity contribution in [1.29, 1.82) is 0 Å². The molecule has 666 valence electrons. The normalized spacial score (nSPS) is 23.1. The third-order valence-electron chi connectivity index (χ3n) is 20.8. The summed E-state index contributed by atoms with van der Waals surface area (Å²) >= 11 is 0. The summed E-state index contributed by atoms with van der Waals surface area (Å²) in [6.45, 7) is 11.5. The van der Waals surface area contributed by atoms with Crippen molar-refractivity contribution in [2.45, 2.75) is 167 Å². The first kappa shape index (κ1) is 95.4. The van der Waals surface area contributed by atoms with Gasteiger partial charge in [0.05, 0.1) is 133 Å². The van der Waals surface area contributed by atoms with E-state index in [1.165, 1.54) is 54.2 Å². The van der Waals surface area contributed by atoms with Gasteiger partial charge in [0, 0.05) is 101 Å². The van der Waals surface area contributed by atoms with E-state index in [0.717, 1.165) is 4.90 Å². The predicted molar refractivity (Wildman–Crippen MR) is 445 cm³/mol. The van der Waals surface area contributed by atoms with Crippen LogP contribution in [0.1, 0.15) is 148 Å². The highest BCUT2D eigenvalue weighted by atomic mass is 16.6. The zero-order valence-electron chi connectivity index (χ0n) is 70.0. The van der Waals surface area contributed by atoms with Crippen LogP contribution in [0.5, 0.6) is 17.2 Å². The molecule has 9 amide bonds. The van der Waals surface area contributed by atoms with Crippen molar-refractivity contribution >= 4 is 99.6 Å². The number of aliphatic hydroxyl groups excluding tert-OH is 1. The molecule has 0 radical (unpaired) electrons. The predicted octanol–water partition coefficient (Wildman–Crippen LogP) is 6.00. The number of unbranched alkanes of at least 4 members (excludes halogenated alkanes) is 1. The lowest BCUT2D eigenvalue weighted by Crippen LogP contribution is -2.53. The number of benzene rings is 4. The Bertz CT molecular complexity index is 4440.